The van der Waals surface area contributed by atoms with Crippen LogP contribution < -0.4 is 5.32 Å². The molecule has 1 rings (SSSR count). The molecule has 0 aliphatic carbocycles. The molecule has 0 amide bonds. The molecule has 1 N–H and O–H groups in total. The van der Waals surface area contributed by atoms with Gasteiger partial charge in [-0.3, -0.25) is 10.1 Å². The van der Waals surface area contributed by atoms with E-state index < -0.39 is 0 Å². The molecule has 0 saturated heterocycles. The van der Waals surface area contributed by atoms with Gasteiger partial charge in [-0.15, -0.1) is 12.4 Å². The minimum Gasteiger partial charge on any atom is -0.381 e. The zero-order valence-corrected chi connectivity index (χ0v) is 12.7. The number of unbranched alkanes of at least 4 members (excludes halogenated alkanes) is 1. The van der Waals surface area contributed by atoms with Crippen LogP contribution >= 0.6 is 12.4 Å². The highest BCUT2D eigenvalue weighted by Gasteiger charge is 2.04. The molecular formula is C14H23ClN2O3. The van der Waals surface area contributed by atoms with Gasteiger partial charge in [0.2, 0.25) is 0 Å². The number of benzene rings is 1. The SMILES string of the molecule is CCCCOCCCNCc1cccc([N+](=O)[O-])c1.Cl. The molecule has 0 heterocycles. The monoisotopic (exact) mass is 302 g/mol. The highest BCUT2D eigenvalue weighted by Crippen LogP contribution is 2.12. The molecule has 114 valence electrons. The standard InChI is InChI=1S/C14H22N2O3.ClH/c1-2-3-9-19-10-5-8-15-12-13-6-4-7-14(11-13)16(17)18;/h4,6-7,11,15H,2-3,5,8-10,12H2,1H3;1H. The van der Waals surface area contributed by atoms with Gasteiger partial charge in [0.05, 0.1) is 4.92 Å². The number of nitro benzene ring substituents is 1. The topological polar surface area (TPSA) is 64.4 Å². The fourth-order valence-electron chi connectivity index (χ4n) is 1.66. The van der Waals surface area contributed by atoms with Gasteiger partial charge in [0.1, 0.15) is 0 Å². The number of nitrogens with zero attached hydrogens (tertiary/aromatic N) is 1. The normalized spacial score (nSPS) is 10.1. The van der Waals surface area contributed by atoms with Crippen LogP contribution in [0.25, 0.3) is 0 Å². The first kappa shape index (κ1) is 18.8. The van der Waals surface area contributed by atoms with Crippen molar-refractivity contribution < 1.29 is 9.66 Å². The summed E-state index contributed by atoms with van der Waals surface area (Å²) in [5.74, 6) is 0. The van der Waals surface area contributed by atoms with Crippen molar-refractivity contribution in [1.82, 2.24) is 5.32 Å². The predicted octanol–water partition coefficient (Wildman–Crippen LogP) is 3.31. The van der Waals surface area contributed by atoms with Crippen molar-refractivity contribution in [3.05, 3.63) is 39.9 Å². The third-order valence-corrected chi connectivity index (χ3v) is 2.73. The first-order valence-electron chi connectivity index (χ1n) is 6.76. The van der Waals surface area contributed by atoms with Gasteiger partial charge in [0.25, 0.3) is 5.69 Å². The quantitative estimate of drug-likeness (QED) is 0.409. The largest absolute Gasteiger partial charge is 0.381 e. The molecular weight excluding hydrogens is 280 g/mol. The fourth-order valence-corrected chi connectivity index (χ4v) is 1.66. The molecule has 20 heavy (non-hydrogen) atoms. The van der Waals surface area contributed by atoms with E-state index in [1.807, 2.05) is 6.07 Å². The first-order chi connectivity index (χ1) is 9.24. The van der Waals surface area contributed by atoms with Crippen LogP contribution in [0.4, 0.5) is 5.69 Å². The molecule has 0 aliphatic heterocycles. The van der Waals surface area contributed by atoms with Crippen LogP contribution in [0.2, 0.25) is 0 Å². The van der Waals surface area contributed by atoms with E-state index >= 15 is 0 Å². The maximum absolute atomic E-state index is 10.6. The Bertz CT molecular complexity index is 388. The number of nitrogens with one attached hydrogen (secondary N) is 1. The Morgan fingerprint density at radius 3 is 2.75 bits per heavy atom. The van der Waals surface area contributed by atoms with E-state index in [2.05, 4.69) is 12.2 Å². The van der Waals surface area contributed by atoms with Crippen molar-refractivity contribution in [1.29, 1.82) is 0 Å². The van der Waals surface area contributed by atoms with Crippen molar-refractivity contribution in [2.45, 2.75) is 32.7 Å². The van der Waals surface area contributed by atoms with Crippen LogP contribution in [-0.2, 0) is 11.3 Å². The molecule has 0 fully saturated rings. The van der Waals surface area contributed by atoms with Crippen molar-refractivity contribution in [3.63, 3.8) is 0 Å². The Labute approximate surface area is 126 Å². The van der Waals surface area contributed by atoms with Gasteiger partial charge >= 0.3 is 0 Å². The van der Waals surface area contributed by atoms with E-state index in [9.17, 15) is 10.1 Å². The number of nitro groups is 1. The minimum atomic E-state index is -0.370. The molecule has 0 aliphatic rings. The highest BCUT2D eigenvalue weighted by molar-refractivity contribution is 5.85. The average Bonchev–Trinajstić information content (AvgIpc) is 2.42. The summed E-state index contributed by atoms with van der Waals surface area (Å²) in [5.41, 5.74) is 1.07. The van der Waals surface area contributed by atoms with Crippen LogP contribution in [0.3, 0.4) is 0 Å². The Morgan fingerprint density at radius 1 is 1.30 bits per heavy atom. The number of hydrogen-bond donors (Lipinski definition) is 1. The summed E-state index contributed by atoms with van der Waals surface area (Å²) in [6.45, 7) is 5.25. The van der Waals surface area contributed by atoms with E-state index in [0.717, 1.165) is 44.6 Å². The predicted molar refractivity (Wildman–Crippen MR) is 82.4 cm³/mol. The Hall–Kier alpha value is -1.17. The Kier molecular flexibility index (Phi) is 11.0. The smallest absolute Gasteiger partial charge is 0.269 e. The Morgan fingerprint density at radius 2 is 2.05 bits per heavy atom. The second-order valence-corrected chi connectivity index (χ2v) is 4.42. The zero-order valence-electron chi connectivity index (χ0n) is 11.8. The maximum atomic E-state index is 10.6. The van der Waals surface area contributed by atoms with E-state index in [0.29, 0.717) is 6.54 Å². The van der Waals surface area contributed by atoms with Gasteiger partial charge < -0.3 is 10.1 Å². The second-order valence-electron chi connectivity index (χ2n) is 4.42. The van der Waals surface area contributed by atoms with Crippen molar-refractivity contribution in [2.24, 2.45) is 0 Å². The van der Waals surface area contributed by atoms with Crippen LogP contribution in [0.15, 0.2) is 24.3 Å². The average molecular weight is 303 g/mol. The molecule has 0 atom stereocenters. The van der Waals surface area contributed by atoms with Crippen LogP contribution in [0.5, 0.6) is 0 Å². The molecule has 0 radical (unpaired) electrons. The summed E-state index contributed by atoms with van der Waals surface area (Å²) >= 11 is 0. The molecule has 1 aromatic rings. The third kappa shape index (κ3) is 8.09. The third-order valence-electron chi connectivity index (χ3n) is 2.73. The number of hydrogen-bond acceptors (Lipinski definition) is 4. The lowest BCUT2D eigenvalue weighted by Crippen LogP contribution is -2.16. The number of non-ortho nitro benzene ring substituents is 1. The lowest BCUT2D eigenvalue weighted by atomic mass is 10.2. The van der Waals surface area contributed by atoms with Gasteiger partial charge in [0, 0.05) is 31.9 Å². The van der Waals surface area contributed by atoms with Crippen molar-refractivity contribution in [2.75, 3.05) is 19.8 Å². The number of rotatable bonds is 10. The van der Waals surface area contributed by atoms with Gasteiger partial charge in [-0.25, -0.2) is 0 Å². The van der Waals surface area contributed by atoms with Crippen LogP contribution in [0.1, 0.15) is 31.7 Å². The van der Waals surface area contributed by atoms with E-state index in [1.165, 1.54) is 6.07 Å². The van der Waals surface area contributed by atoms with E-state index in [-0.39, 0.29) is 23.0 Å². The maximum Gasteiger partial charge on any atom is 0.269 e. The van der Waals surface area contributed by atoms with Gasteiger partial charge in [-0.05, 0) is 24.9 Å². The van der Waals surface area contributed by atoms with Gasteiger partial charge in [-0.2, -0.15) is 0 Å². The molecule has 0 saturated carbocycles. The highest BCUT2D eigenvalue weighted by atomic mass is 35.5. The molecule has 1 aromatic carbocycles. The summed E-state index contributed by atoms with van der Waals surface area (Å²) in [6, 6.07) is 6.70. The summed E-state index contributed by atoms with van der Waals surface area (Å²) < 4.78 is 5.45. The molecule has 0 unspecified atom stereocenters. The number of halogens is 1. The van der Waals surface area contributed by atoms with Crippen molar-refractivity contribution in [3.8, 4) is 0 Å². The van der Waals surface area contributed by atoms with E-state index in [1.54, 1.807) is 12.1 Å². The molecule has 0 bridgehead atoms. The number of ether oxygens (including phenoxy) is 1. The molecule has 0 aromatic heterocycles. The lowest BCUT2D eigenvalue weighted by Gasteiger charge is -2.06. The molecule has 6 heteroatoms. The molecule has 5 nitrogen and oxygen atoms in total. The summed E-state index contributed by atoms with van der Waals surface area (Å²) in [7, 11) is 0. The van der Waals surface area contributed by atoms with E-state index in [4.69, 9.17) is 4.74 Å². The first-order valence-corrected chi connectivity index (χ1v) is 6.76. The minimum absolute atomic E-state index is 0. The lowest BCUT2D eigenvalue weighted by molar-refractivity contribution is -0.384. The summed E-state index contributed by atoms with van der Waals surface area (Å²) in [6.07, 6.45) is 3.23. The van der Waals surface area contributed by atoms with Crippen LogP contribution in [0, 0.1) is 10.1 Å². The fraction of sp³-hybridized carbons (Fsp3) is 0.571. The van der Waals surface area contributed by atoms with Gasteiger partial charge in [-0.1, -0.05) is 25.5 Å². The van der Waals surface area contributed by atoms with Gasteiger partial charge in [0.15, 0.2) is 0 Å². The zero-order chi connectivity index (χ0) is 13.9. The molecule has 0 spiro atoms. The summed E-state index contributed by atoms with van der Waals surface area (Å²) in [5, 5.41) is 13.9. The Balaban J connectivity index is 0.00000361. The second kappa shape index (κ2) is 11.6. The van der Waals surface area contributed by atoms with Crippen LogP contribution in [-0.4, -0.2) is 24.7 Å². The summed E-state index contributed by atoms with van der Waals surface area (Å²) in [4.78, 5) is 10.3. The van der Waals surface area contributed by atoms with Crippen molar-refractivity contribution >= 4 is 18.1 Å².